The lowest BCUT2D eigenvalue weighted by Crippen LogP contribution is -2.30. The van der Waals surface area contributed by atoms with Crippen LogP contribution in [0, 0.1) is 13.8 Å². The molecule has 0 bridgehead atoms. The third-order valence-electron chi connectivity index (χ3n) is 3.64. The van der Waals surface area contributed by atoms with E-state index in [0.29, 0.717) is 13.1 Å². The Morgan fingerprint density at radius 1 is 1.00 bits per heavy atom. The molecular weight excluding hydrogens is 246 g/mol. The molecule has 0 aromatic heterocycles. The van der Waals surface area contributed by atoms with Crippen molar-refractivity contribution in [1.29, 1.82) is 0 Å². The minimum absolute atomic E-state index is 0.0967. The summed E-state index contributed by atoms with van der Waals surface area (Å²) < 4.78 is 0. The van der Waals surface area contributed by atoms with Gasteiger partial charge in [-0.05, 0) is 49.6 Å². The Morgan fingerprint density at radius 3 is 2.30 bits per heavy atom. The van der Waals surface area contributed by atoms with Crippen LogP contribution in [0.3, 0.4) is 0 Å². The van der Waals surface area contributed by atoms with Crippen LogP contribution in [0.5, 0.6) is 0 Å². The highest BCUT2D eigenvalue weighted by Crippen LogP contribution is 2.14. The number of amides is 1. The van der Waals surface area contributed by atoms with Crippen LogP contribution < -0.4 is 0 Å². The summed E-state index contributed by atoms with van der Waals surface area (Å²) in [7, 11) is 0. The number of benzene rings is 2. The van der Waals surface area contributed by atoms with E-state index in [1.54, 1.807) is 0 Å². The number of nitrogens with zero attached hydrogens (tertiary/aromatic N) is 1. The van der Waals surface area contributed by atoms with Gasteiger partial charge in [0.25, 0.3) is 5.91 Å². The summed E-state index contributed by atoms with van der Waals surface area (Å²) in [6.45, 7) is 7.48. The first-order valence-electron chi connectivity index (χ1n) is 7.02. The second-order valence-electron chi connectivity index (χ2n) is 5.10. The summed E-state index contributed by atoms with van der Waals surface area (Å²) in [5.74, 6) is 0.0967. The number of aryl methyl sites for hydroxylation is 2. The van der Waals surface area contributed by atoms with Gasteiger partial charge in [0.05, 0.1) is 0 Å². The van der Waals surface area contributed by atoms with E-state index in [4.69, 9.17) is 0 Å². The molecule has 0 aliphatic carbocycles. The summed E-state index contributed by atoms with van der Waals surface area (Å²) >= 11 is 0. The van der Waals surface area contributed by atoms with E-state index in [0.717, 1.165) is 16.7 Å². The maximum Gasteiger partial charge on any atom is 0.254 e. The maximum atomic E-state index is 12.6. The molecule has 104 valence electrons. The SMILES string of the molecule is CCN(Cc1ccccc1)C(=O)c1ccc(C)c(C)c1. The molecular formula is C18H21NO. The second-order valence-corrected chi connectivity index (χ2v) is 5.10. The molecule has 0 saturated carbocycles. The van der Waals surface area contributed by atoms with Crippen LogP contribution in [-0.4, -0.2) is 17.4 Å². The Balaban J connectivity index is 2.18. The van der Waals surface area contributed by atoms with Crippen molar-refractivity contribution >= 4 is 5.91 Å². The molecule has 0 radical (unpaired) electrons. The molecule has 0 atom stereocenters. The van der Waals surface area contributed by atoms with Crippen LogP contribution in [0.2, 0.25) is 0 Å². The lowest BCUT2D eigenvalue weighted by molar-refractivity contribution is 0.0752. The average Bonchev–Trinajstić information content (AvgIpc) is 2.48. The van der Waals surface area contributed by atoms with Crippen LogP contribution in [-0.2, 0) is 6.54 Å². The van der Waals surface area contributed by atoms with E-state index in [1.807, 2.05) is 55.1 Å². The highest BCUT2D eigenvalue weighted by Gasteiger charge is 2.14. The van der Waals surface area contributed by atoms with Gasteiger partial charge in [0.2, 0.25) is 0 Å². The van der Waals surface area contributed by atoms with Gasteiger partial charge in [-0.3, -0.25) is 4.79 Å². The Kier molecular flexibility index (Phi) is 4.57. The van der Waals surface area contributed by atoms with E-state index in [-0.39, 0.29) is 5.91 Å². The molecule has 0 aliphatic rings. The molecule has 0 unspecified atom stereocenters. The molecule has 0 aliphatic heterocycles. The highest BCUT2D eigenvalue weighted by atomic mass is 16.2. The minimum Gasteiger partial charge on any atom is -0.335 e. The first-order valence-corrected chi connectivity index (χ1v) is 7.02. The van der Waals surface area contributed by atoms with Crippen LogP contribution in [0.15, 0.2) is 48.5 Å². The average molecular weight is 267 g/mol. The van der Waals surface area contributed by atoms with Gasteiger partial charge < -0.3 is 4.90 Å². The first kappa shape index (κ1) is 14.3. The predicted octanol–water partition coefficient (Wildman–Crippen LogP) is 3.97. The predicted molar refractivity (Wildman–Crippen MR) is 82.8 cm³/mol. The normalized spacial score (nSPS) is 10.3. The van der Waals surface area contributed by atoms with E-state index in [2.05, 4.69) is 19.1 Å². The van der Waals surface area contributed by atoms with Crippen molar-refractivity contribution in [2.45, 2.75) is 27.3 Å². The van der Waals surface area contributed by atoms with Crippen molar-refractivity contribution in [3.8, 4) is 0 Å². The molecule has 2 aromatic carbocycles. The Labute approximate surface area is 121 Å². The lowest BCUT2D eigenvalue weighted by Gasteiger charge is -2.21. The van der Waals surface area contributed by atoms with Gasteiger partial charge in [0, 0.05) is 18.7 Å². The second kappa shape index (κ2) is 6.38. The summed E-state index contributed by atoms with van der Waals surface area (Å²) in [4.78, 5) is 14.4. The number of hydrogen-bond acceptors (Lipinski definition) is 1. The molecule has 2 nitrogen and oxygen atoms in total. The fourth-order valence-corrected chi connectivity index (χ4v) is 2.19. The fraction of sp³-hybridized carbons (Fsp3) is 0.278. The molecule has 0 heterocycles. The number of carbonyl (C=O) groups is 1. The molecule has 2 heteroatoms. The minimum atomic E-state index is 0.0967. The molecule has 1 amide bonds. The smallest absolute Gasteiger partial charge is 0.254 e. The summed E-state index contributed by atoms with van der Waals surface area (Å²) in [5, 5.41) is 0. The monoisotopic (exact) mass is 267 g/mol. The summed E-state index contributed by atoms with van der Waals surface area (Å²) in [5.41, 5.74) is 4.30. The van der Waals surface area contributed by atoms with Crippen LogP contribution >= 0.6 is 0 Å². The molecule has 0 saturated heterocycles. The standard InChI is InChI=1S/C18H21NO/c1-4-19(13-16-8-6-5-7-9-16)18(20)17-11-10-14(2)15(3)12-17/h5-12H,4,13H2,1-3H3. The lowest BCUT2D eigenvalue weighted by atomic mass is 10.1. The molecule has 20 heavy (non-hydrogen) atoms. The number of hydrogen-bond donors (Lipinski definition) is 0. The first-order chi connectivity index (χ1) is 9.61. The van der Waals surface area contributed by atoms with Gasteiger partial charge in [-0.15, -0.1) is 0 Å². The zero-order chi connectivity index (χ0) is 14.5. The molecule has 0 N–H and O–H groups in total. The Morgan fingerprint density at radius 2 is 1.70 bits per heavy atom. The van der Waals surface area contributed by atoms with Crippen LogP contribution in [0.25, 0.3) is 0 Å². The van der Waals surface area contributed by atoms with E-state index in [1.165, 1.54) is 5.56 Å². The number of carbonyl (C=O) groups excluding carboxylic acids is 1. The van der Waals surface area contributed by atoms with Crippen molar-refractivity contribution in [1.82, 2.24) is 4.90 Å². The van der Waals surface area contributed by atoms with Crippen molar-refractivity contribution in [2.24, 2.45) is 0 Å². The Hall–Kier alpha value is -2.09. The van der Waals surface area contributed by atoms with Crippen LogP contribution in [0.1, 0.15) is 34.0 Å². The van der Waals surface area contributed by atoms with Gasteiger partial charge in [0.15, 0.2) is 0 Å². The molecule has 0 fully saturated rings. The number of rotatable bonds is 4. The van der Waals surface area contributed by atoms with E-state index in [9.17, 15) is 4.79 Å². The van der Waals surface area contributed by atoms with Crippen molar-refractivity contribution in [2.75, 3.05) is 6.54 Å². The fourth-order valence-electron chi connectivity index (χ4n) is 2.19. The summed E-state index contributed by atoms with van der Waals surface area (Å²) in [6.07, 6.45) is 0. The van der Waals surface area contributed by atoms with E-state index < -0.39 is 0 Å². The molecule has 0 spiro atoms. The van der Waals surface area contributed by atoms with E-state index >= 15 is 0 Å². The highest BCUT2D eigenvalue weighted by molar-refractivity contribution is 5.94. The molecule has 2 aromatic rings. The quantitative estimate of drug-likeness (QED) is 0.821. The van der Waals surface area contributed by atoms with Gasteiger partial charge in [-0.2, -0.15) is 0 Å². The summed E-state index contributed by atoms with van der Waals surface area (Å²) in [6, 6.07) is 16.0. The maximum absolute atomic E-state index is 12.6. The Bertz CT molecular complexity index is 590. The van der Waals surface area contributed by atoms with Gasteiger partial charge >= 0.3 is 0 Å². The topological polar surface area (TPSA) is 20.3 Å². The molecule has 2 rings (SSSR count). The van der Waals surface area contributed by atoms with Crippen molar-refractivity contribution < 1.29 is 4.79 Å². The third kappa shape index (κ3) is 3.27. The van der Waals surface area contributed by atoms with Gasteiger partial charge in [0.1, 0.15) is 0 Å². The van der Waals surface area contributed by atoms with Crippen LogP contribution in [0.4, 0.5) is 0 Å². The van der Waals surface area contributed by atoms with Crippen molar-refractivity contribution in [3.05, 3.63) is 70.8 Å². The van der Waals surface area contributed by atoms with Gasteiger partial charge in [-0.1, -0.05) is 36.4 Å². The largest absolute Gasteiger partial charge is 0.335 e. The zero-order valence-electron chi connectivity index (χ0n) is 12.4. The van der Waals surface area contributed by atoms with Crippen molar-refractivity contribution in [3.63, 3.8) is 0 Å². The third-order valence-corrected chi connectivity index (χ3v) is 3.64. The zero-order valence-corrected chi connectivity index (χ0v) is 12.4. The van der Waals surface area contributed by atoms with Gasteiger partial charge in [-0.25, -0.2) is 0 Å².